The Kier molecular flexibility index (Phi) is 10.6. The predicted molar refractivity (Wildman–Crippen MR) is 117 cm³/mol. The highest BCUT2D eigenvalue weighted by atomic mass is 127. The first-order valence-corrected chi connectivity index (χ1v) is 8.75. The zero-order valence-electron chi connectivity index (χ0n) is 16.5. The Morgan fingerprint density at radius 1 is 1.00 bits per heavy atom. The van der Waals surface area contributed by atoms with Crippen LogP contribution in [0.2, 0.25) is 0 Å². The molecule has 0 bridgehead atoms. The largest absolute Gasteiger partial charge is 0.484 e. The molecule has 3 N–H and O–H groups in total. The van der Waals surface area contributed by atoms with Crippen molar-refractivity contribution in [2.75, 3.05) is 25.5 Å². The van der Waals surface area contributed by atoms with E-state index < -0.39 is 41.8 Å². The smallest absolute Gasteiger partial charge is 0.422 e. The molecule has 0 aliphatic heterocycles. The number of ether oxygens (including phenoxy) is 1. The van der Waals surface area contributed by atoms with E-state index in [1.807, 2.05) is 0 Å². The monoisotopic (exact) mass is 576 g/mol. The highest BCUT2D eigenvalue weighted by Gasteiger charge is 2.28. The molecule has 0 atom stereocenters. The first-order valence-electron chi connectivity index (χ1n) is 8.75. The van der Waals surface area contributed by atoms with Crippen LogP contribution in [0.5, 0.6) is 5.75 Å². The molecule has 0 heterocycles. The molecule has 2 aromatic carbocycles. The third-order valence-electron chi connectivity index (χ3n) is 3.74. The van der Waals surface area contributed by atoms with E-state index in [4.69, 9.17) is 0 Å². The Hall–Kier alpha value is -2.71. The second-order valence-corrected chi connectivity index (χ2v) is 6.10. The fraction of sp³-hybridized carbons (Fsp3) is 0.263. The maximum Gasteiger partial charge on any atom is 0.422 e. The number of hydrogen-bond donors (Lipinski definition) is 3. The Bertz CT molecular complexity index is 939. The molecule has 0 aromatic heterocycles. The van der Waals surface area contributed by atoms with Crippen LogP contribution in [0, 0.1) is 17.5 Å². The van der Waals surface area contributed by atoms with Crippen molar-refractivity contribution < 1.29 is 35.9 Å². The summed E-state index contributed by atoms with van der Waals surface area (Å²) in [7, 11) is 1.43. The number of carbonyl (C=O) groups excluding carboxylic acids is 1. The number of rotatable bonds is 7. The molecule has 0 radical (unpaired) electrons. The van der Waals surface area contributed by atoms with Gasteiger partial charge in [0.15, 0.2) is 30.0 Å². The highest BCUT2D eigenvalue weighted by Crippen LogP contribution is 2.20. The molecule has 1 amide bonds. The van der Waals surface area contributed by atoms with Crippen LogP contribution in [0.1, 0.15) is 5.56 Å². The number of hydrogen-bond acceptors (Lipinski definition) is 3. The Morgan fingerprint density at radius 2 is 1.66 bits per heavy atom. The lowest BCUT2D eigenvalue weighted by atomic mass is 10.2. The molecule has 13 heteroatoms. The van der Waals surface area contributed by atoms with Gasteiger partial charge in [0, 0.05) is 13.6 Å². The zero-order valence-corrected chi connectivity index (χ0v) is 18.9. The Morgan fingerprint density at radius 3 is 2.25 bits per heavy atom. The average molecular weight is 576 g/mol. The van der Waals surface area contributed by atoms with Crippen molar-refractivity contribution in [3.8, 4) is 5.75 Å². The quantitative estimate of drug-likeness (QED) is 0.154. The molecule has 0 saturated heterocycles. The van der Waals surface area contributed by atoms with Crippen LogP contribution >= 0.6 is 24.0 Å². The summed E-state index contributed by atoms with van der Waals surface area (Å²) in [5.41, 5.74) is 0.178. The van der Waals surface area contributed by atoms with Crippen LogP contribution < -0.4 is 20.7 Å². The third kappa shape index (κ3) is 8.80. The lowest BCUT2D eigenvalue weighted by Gasteiger charge is -2.13. The molecule has 0 saturated carbocycles. The van der Waals surface area contributed by atoms with Gasteiger partial charge in [-0.15, -0.1) is 24.0 Å². The van der Waals surface area contributed by atoms with Crippen molar-refractivity contribution in [1.82, 2.24) is 10.6 Å². The molecular weight excluding hydrogens is 557 g/mol. The molecule has 0 aliphatic rings. The number of guanidine groups is 1. The van der Waals surface area contributed by atoms with Gasteiger partial charge in [0.2, 0.25) is 5.91 Å². The maximum absolute atomic E-state index is 13.6. The van der Waals surface area contributed by atoms with E-state index in [1.165, 1.54) is 19.2 Å². The molecule has 0 aliphatic carbocycles. The summed E-state index contributed by atoms with van der Waals surface area (Å²) in [6.07, 6.45) is -4.43. The second kappa shape index (κ2) is 12.4. The van der Waals surface area contributed by atoms with Crippen LogP contribution in [0.4, 0.5) is 32.0 Å². The number of aliphatic imine (C=N–C) groups is 1. The van der Waals surface area contributed by atoms with E-state index in [-0.39, 0.29) is 48.8 Å². The van der Waals surface area contributed by atoms with Gasteiger partial charge in [-0.2, -0.15) is 13.2 Å². The molecular formula is C19H19F6IN4O2. The first-order chi connectivity index (χ1) is 14.6. The lowest BCUT2D eigenvalue weighted by Crippen LogP contribution is -2.41. The summed E-state index contributed by atoms with van der Waals surface area (Å²) in [4.78, 5) is 15.8. The van der Waals surface area contributed by atoms with Gasteiger partial charge in [-0.3, -0.25) is 9.79 Å². The van der Waals surface area contributed by atoms with Crippen LogP contribution in [0.25, 0.3) is 0 Å². The van der Waals surface area contributed by atoms with Gasteiger partial charge in [0.1, 0.15) is 5.75 Å². The third-order valence-corrected chi connectivity index (χ3v) is 3.74. The predicted octanol–water partition coefficient (Wildman–Crippen LogP) is 3.97. The van der Waals surface area contributed by atoms with Crippen molar-refractivity contribution >= 4 is 41.5 Å². The number of nitrogens with zero attached hydrogens (tertiary/aromatic N) is 1. The molecule has 176 valence electrons. The molecule has 6 nitrogen and oxygen atoms in total. The van der Waals surface area contributed by atoms with Crippen LogP contribution in [0.3, 0.4) is 0 Å². The minimum absolute atomic E-state index is 0. The zero-order chi connectivity index (χ0) is 23.0. The number of halogens is 7. The van der Waals surface area contributed by atoms with Crippen molar-refractivity contribution in [3.63, 3.8) is 0 Å². The van der Waals surface area contributed by atoms with Crippen LogP contribution in [0.15, 0.2) is 41.4 Å². The number of carbonyl (C=O) groups is 1. The summed E-state index contributed by atoms with van der Waals surface area (Å²) in [5, 5.41) is 7.60. The van der Waals surface area contributed by atoms with Gasteiger partial charge in [-0.05, 0) is 29.8 Å². The average Bonchev–Trinajstić information content (AvgIpc) is 2.73. The Labute approximate surface area is 196 Å². The van der Waals surface area contributed by atoms with Crippen molar-refractivity contribution in [2.24, 2.45) is 4.99 Å². The highest BCUT2D eigenvalue weighted by molar-refractivity contribution is 14.0. The van der Waals surface area contributed by atoms with Crippen molar-refractivity contribution in [1.29, 1.82) is 0 Å². The normalized spacial score (nSPS) is 11.4. The lowest BCUT2D eigenvalue weighted by molar-refractivity contribution is -0.153. The fourth-order valence-electron chi connectivity index (χ4n) is 2.26. The van der Waals surface area contributed by atoms with E-state index in [9.17, 15) is 31.1 Å². The minimum atomic E-state index is -4.43. The summed E-state index contributed by atoms with van der Waals surface area (Å²) >= 11 is 0. The first kappa shape index (κ1) is 27.3. The molecule has 2 aromatic rings. The van der Waals surface area contributed by atoms with Gasteiger partial charge >= 0.3 is 6.18 Å². The molecule has 32 heavy (non-hydrogen) atoms. The summed E-state index contributed by atoms with van der Waals surface area (Å²) in [6, 6.07) is 7.42. The number of anilines is 1. The van der Waals surface area contributed by atoms with Gasteiger partial charge in [-0.1, -0.05) is 12.1 Å². The topological polar surface area (TPSA) is 74.8 Å². The summed E-state index contributed by atoms with van der Waals surface area (Å²) in [6.45, 7) is -1.53. The van der Waals surface area contributed by atoms with Crippen LogP contribution in [-0.4, -0.2) is 38.2 Å². The van der Waals surface area contributed by atoms with Crippen LogP contribution in [-0.2, 0) is 11.3 Å². The van der Waals surface area contributed by atoms with E-state index in [2.05, 4.69) is 25.7 Å². The summed E-state index contributed by atoms with van der Waals surface area (Å²) < 4.78 is 80.7. The van der Waals surface area contributed by atoms with Gasteiger partial charge in [-0.25, -0.2) is 13.2 Å². The van der Waals surface area contributed by atoms with Crippen molar-refractivity contribution in [3.05, 3.63) is 59.4 Å². The second-order valence-electron chi connectivity index (χ2n) is 6.10. The maximum atomic E-state index is 13.6. The standard InChI is InChI=1S/C19H18F6N4O2.HI/c1-26-18(27-8-11-2-4-12(5-3-11)31-10-19(23,24)25)28-9-15(30)29-14-7-6-13(20)16(21)17(14)22;/h2-7H,8-10H2,1H3,(H,29,30)(H2,26,27,28);1H. The van der Waals surface area contributed by atoms with E-state index >= 15 is 0 Å². The van der Waals surface area contributed by atoms with Crippen molar-refractivity contribution in [2.45, 2.75) is 12.7 Å². The minimum Gasteiger partial charge on any atom is -0.484 e. The van der Waals surface area contributed by atoms with Gasteiger partial charge in [0.25, 0.3) is 0 Å². The number of nitrogens with one attached hydrogen (secondary N) is 3. The SMILES string of the molecule is CN=C(NCC(=O)Nc1ccc(F)c(F)c1F)NCc1ccc(OCC(F)(F)F)cc1.I. The number of amides is 1. The molecule has 0 unspecified atom stereocenters. The number of alkyl halides is 3. The molecule has 0 spiro atoms. The van der Waals surface area contributed by atoms with Gasteiger partial charge in [0.05, 0.1) is 12.2 Å². The summed E-state index contributed by atoms with van der Waals surface area (Å²) in [5.74, 6) is -5.07. The molecule has 0 fully saturated rings. The van der Waals surface area contributed by atoms with Gasteiger partial charge < -0.3 is 20.7 Å². The molecule has 2 rings (SSSR count). The fourth-order valence-corrected chi connectivity index (χ4v) is 2.26. The van der Waals surface area contributed by atoms with E-state index in [0.717, 1.165) is 6.07 Å². The number of benzene rings is 2. The Balaban J connectivity index is 0.00000512. The van der Waals surface area contributed by atoms with E-state index in [0.29, 0.717) is 11.6 Å². The van der Waals surface area contributed by atoms with E-state index in [1.54, 1.807) is 12.1 Å².